The predicted molar refractivity (Wildman–Crippen MR) is 136 cm³/mol. The third-order valence-electron chi connectivity index (χ3n) is 5.53. The van der Waals surface area contributed by atoms with Gasteiger partial charge in [-0.2, -0.15) is 0 Å². The maximum absolute atomic E-state index is 13.1. The van der Waals surface area contributed by atoms with Crippen molar-refractivity contribution in [2.24, 2.45) is 0 Å². The number of rotatable bonds is 8. The second-order valence-electron chi connectivity index (χ2n) is 8.32. The van der Waals surface area contributed by atoms with Crippen LogP contribution in [0.5, 0.6) is 5.75 Å². The van der Waals surface area contributed by atoms with Crippen molar-refractivity contribution in [2.45, 2.75) is 45.2 Å². The quantitative estimate of drug-likeness (QED) is 0.366. The van der Waals surface area contributed by atoms with Crippen LogP contribution in [0.15, 0.2) is 65.6 Å². The maximum Gasteiger partial charge on any atom is 0.255 e. The van der Waals surface area contributed by atoms with Gasteiger partial charge in [0.05, 0.1) is 6.61 Å². The number of carbonyl (C=O) groups is 1. The Kier molecular flexibility index (Phi) is 6.63. The predicted octanol–water partition coefficient (Wildman–Crippen LogP) is 5.15. The lowest BCUT2D eigenvalue weighted by molar-refractivity contribution is 0.102. The smallest absolute Gasteiger partial charge is 0.255 e. The monoisotopic (exact) mass is 479 g/mol. The van der Waals surface area contributed by atoms with Gasteiger partial charge in [-0.1, -0.05) is 18.2 Å². The summed E-state index contributed by atoms with van der Waals surface area (Å²) in [5, 5.41) is 5.07. The van der Waals surface area contributed by atoms with Gasteiger partial charge in [0.2, 0.25) is 10.0 Å². The lowest BCUT2D eigenvalue weighted by Crippen LogP contribution is -2.30. The number of amides is 1. The molecule has 1 amide bonds. The van der Waals surface area contributed by atoms with Crippen LogP contribution in [0.25, 0.3) is 21.8 Å². The van der Waals surface area contributed by atoms with Crippen LogP contribution in [0, 0.1) is 0 Å². The first-order valence-electron chi connectivity index (χ1n) is 11.4. The van der Waals surface area contributed by atoms with Crippen LogP contribution in [0.4, 0.5) is 5.69 Å². The van der Waals surface area contributed by atoms with Crippen LogP contribution in [0.3, 0.4) is 0 Å². The Balaban J connectivity index is 1.70. The zero-order valence-electron chi connectivity index (χ0n) is 19.8. The molecule has 8 heteroatoms. The maximum atomic E-state index is 13.1. The van der Waals surface area contributed by atoms with Gasteiger partial charge >= 0.3 is 0 Å². The standard InChI is InChI=1S/C26H29N3O4S/c1-5-29-22-10-8-7-9-20(22)21-16-19(12-13-23(21)29)27-26(30)18-11-14-24(33-6-2)25(15-18)34(31,32)28-17(3)4/h7-17,28H,5-6H2,1-4H3,(H,27,30). The van der Waals surface area contributed by atoms with Crippen LogP contribution in [0.2, 0.25) is 0 Å². The zero-order valence-corrected chi connectivity index (χ0v) is 20.6. The minimum atomic E-state index is -3.85. The minimum absolute atomic E-state index is 0.0582. The Labute approximate surface area is 199 Å². The topological polar surface area (TPSA) is 89.4 Å². The number of ether oxygens (including phenoxy) is 1. The van der Waals surface area contributed by atoms with E-state index in [2.05, 4.69) is 33.7 Å². The highest BCUT2D eigenvalue weighted by atomic mass is 32.2. The van der Waals surface area contributed by atoms with E-state index in [1.54, 1.807) is 26.8 Å². The van der Waals surface area contributed by atoms with Crippen LogP contribution in [-0.2, 0) is 16.6 Å². The number of para-hydroxylation sites is 1. The molecular formula is C26H29N3O4S. The van der Waals surface area contributed by atoms with Crippen molar-refractivity contribution in [3.8, 4) is 5.75 Å². The van der Waals surface area contributed by atoms with Gasteiger partial charge in [0.25, 0.3) is 5.91 Å². The Bertz CT molecular complexity index is 1470. The largest absolute Gasteiger partial charge is 0.492 e. The molecule has 4 aromatic rings. The molecule has 0 radical (unpaired) electrons. The fraction of sp³-hybridized carbons (Fsp3) is 0.269. The molecule has 0 aliphatic heterocycles. The molecule has 2 N–H and O–H groups in total. The minimum Gasteiger partial charge on any atom is -0.492 e. The second-order valence-corrected chi connectivity index (χ2v) is 10.0. The molecule has 0 spiro atoms. The van der Waals surface area contributed by atoms with Gasteiger partial charge in [-0.3, -0.25) is 4.79 Å². The van der Waals surface area contributed by atoms with E-state index in [4.69, 9.17) is 4.74 Å². The molecular weight excluding hydrogens is 450 g/mol. The molecule has 0 fully saturated rings. The summed E-state index contributed by atoms with van der Waals surface area (Å²) in [6.07, 6.45) is 0. The fourth-order valence-electron chi connectivity index (χ4n) is 4.18. The van der Waals surface area contributed by atoms with Gasteiger partial charge in [0, 0.05) is 45.6 Å². The Hall–Kier alpha value is -3.36. The molecule has 1 aromatic heterocycles. The summed E-state index contributed by atoms with van der Waals surface area (Å²) in [7, 11) is -3.85. The number of fused-ring (bicyclic) bond motifs is 3. The highest BCUT2D eigenvalue weighted by Gasteiger charge is 2.23. The van der Waals surface area contributed by atoms with Crippen molar-refractivity contribution >= 4 is 43.4 Å². The first-order valence-corrected chi connectivity index (χ1v) is 12.8. The first-order chi connectivity index (χ1) is 16.2. The Morgan fingerprint density at radius 1 is 0.971 bits per heavy atom. The van der Waals surface area contributed by atoms with Gasteiger partial charge in [-0.05, 0) is 70.2 Å². The lowest BCUT2D eigenvalue weighted by atomic mass is 10.1. The number of hydrogen-bond acceptors (Lipinski definition) is 4. The van der Waals surface area contributed by atoms with Crippen LogP contribution >= 0.6 is 0 Å². The Morgan fingerprint density at radius 3 is 2.41 bits per heavy atom. The molecule has 0 unspecified atom stereocenters. The van der Waals surface area contributed by atoms with Crippen molar-refractivity contribution in [2.75, 3.05) is 11.9 Å². The summed E-state index contributed by atoms with van der Waals surface area (Å²) in [5.74, 6) is -0.191. The molecule has 34 heavy (non-hydrogen) atoms. The average molecular weight is 480 g/mol. The molecule has 0 aliphatic rings. The van der Waals surface area contributed by atoms with E-state index in [9.17, 15) is 13.2 Å². The first kappa shape index (κ1) is 23.8. The van der Waals surface area contributed by atoms with Gasteiger partial charge in [0.15, 0.2) is 0 Å². The van der Waals surface area contributed by atoms with Crippen molar-refractivity contribution in [1.29, 1.82) is 0 Å². The number of hydrogen-bond donors (Lipinski definition) is 2. The summed E-state index contributed by atoms with van der Waals surface area (Å²) in [6.45, 7) is 8.50. The number of benzene rings is 3. The molecule has 0 aliphatic carbocycles. The van der Waals surface area contributed by atoms with E-state index >= 15 is 0 Å². The SMILES string of the molecule is CCOc1ccc(C(=O)Nc2ccc3c(c2)c2ccccc2n3CC)cc1S(=O)(=O)NC(C)C. The van der Waals surface area contributed by atoms with Crippen molar-refractivity contribution in [3.63, 3.8) is 0 Å². The van der Waals surface area contributed by atoms with Crippen molar-refractivity contribution in [1.82, 2.24) is 9.29 Å². The van der Waals surface area contributed by atoms with E-state index in [1.165, 1.54) is 12.1 Å². The number of anilines is 1. The Morgan fingerprint density at radius 2 is 1.71 bits per heavy atom. The summed E-state index contributed by atoms with van der Waals surface area (Å²) < 4.78 is 36.0. The second kappa shape index (κ2) is 9.48. The molecule has 4 rings (SSSR count). The van der Waals surface area contributed by atoms with E-state index < -0.39 is 15.9 Å². The highest BCUT2D eigenvalue weighted by Crippen LogP contribution is 2.31. The van der Waals surface area contributed by atoms with Crippen LogP contribution in [0.1, 0.15) is 38.1 Å². The lowest BCUT2D eigenvalue weighted by Gasteiger charge is -2.15. The number of carbonyl (C=O) groups excluding carboxylic acids is 1. The van der Waals surface area contributed by atoms with E-state index in [1.807, 2.05) is 30.3 Å². The van der Waals surface area contributed by atoms with E-state index in [-0.39, 0.29) is 22.3 Å². The number of aryl methyl sites for hydroxylation is 1. The summed E-state index contributed by atoms with van der Waals surface area (Å²) in [6, 6.07) is 18.1. The fourth-order valence-corrected chi connectivity index (χ4v) is 5.60. The number of aromatic nitrogens is 1. The average Bonchev–Trinajstić information content (AvgIpc) is 3.11. The summed E-state index contributed by atoms with van der Waals surface area (Å²) >= 11 is 0. The third-order valence-corrected chi connectivity index (χ3v) is 7.21. The number of sulfonamides is 1. The van der Waals surface area contributed by atoms with Crippen LogP contribution in [-0.4, -0.2) is 31.5 Å². The van der Waals surface area contributed by atoms with Gasteiger partial charge in [0.1, 0.15) is 10.6 Å². The molecule has 0 saturated heterocycles. The number of nitrogens with zero attached hydrogens (tertiary/aromatic N) is 1. The molecule has 0 saturated carbocycles. The van der Waals surface area contributed by atoms with Crippen molar-refractivity contribution in [3.05, 3.63) is 66.2 Å². The van der Waals surface area contributed by atoms with E-state index in [0.717, 1.165) is 28.4 Å². The van der Waals surface area contributed by atoms with Gasteiger partial charge in [-0.15, -0.1) is 0 Å². The zero-order chi connectivity index (χ0) is 24.5. The van der Waals surface area contributed by atoms with E-state index in [0.29, 0.717) is 12.3 Å². The molecule has 1 heterocycles. The molecule has 0 atom stereocenters. The summed E-state index contributed by atoms with van der Waals surface area (Å²) in [4.78, 5) is 13.0. The number of nitrogens with one attached hydrogen (secondary N) is 2. The molecule has 3 aromatic carbocycles. The summed E-state index contributed by atoms with van der Waals surface area (Å²) in [5.41, 5.74) is 3.09. The van der Waals surface area contributed by atoms with Gasteiger partial charge in [-0.25, -0.2) is 13.1 Å². The third kappa shape index (κ3) is 4.51. The molecule has 178 valence electrons. The molecule has 0 bridgehead atoms. The molecule has 7 nitrogen and oxygen atoms in total. The highest BCUT2D eigenvalue weighted by molar-refractivity contribution is 7.89. The van der Waals surface area contributed by atoms with Gasteiger partial charge < -0.3 is 14.6 Å². The van der Waals surface area contributed by atoms with Crippen molar-refractivity contribution < 1.29 is 17.9 Å². The normalized spacial score (nSPS) is 11.9. The van der Waals surface area contributed by atoms with Crippen LogP contribution < -0.4 is 14.8 Å².